The van der Waals surface area contributed by atoms with Gasteiger partial charge in [-0.05, 0) is 29.8 Å². The molecule has 0 amide bonds. The molecule has 0 saturated carbocycles. The van der Waals surface area contributed by atoms with Gasteiger partial charge in [0.25, 0.3) is 0 Å². The minimum Gasteiger partial charge on any atom is -0.489 e. The van der Waals surface area contributed by atoms with Crippen molar-refractivity contribution in [1.29, 1.82) is 5.26 Å². The fourth-order valence-corrected chi connectivity index (χ4v) is 0.948. The molecule has 0 spiro atoms. The molecule has 1 aromatic carbocycles. The van der Waals surface area contributed by atoms with Crippen molar-refractivity contribution in [3.63, 3.8) is 0 Å². The molecule has 0 heterocycles. The second kappa shape index (κ2) is 5.36. The molecule has 0 aliphatic carbocycles. The summed E-state index contributed by atoms with van der Waals surface area (Å²) in [6.07, 6.45) is 0. The van der Waals surface area contributed by atoms with Gasteiger partial charge < -0.3 is 4.74 Å². The Bertz CT molecular complexity index is 351. The van der Waals surface area contributed by atoms with E-state index in [9.17, 15) is 0 Å². The van der Waals surface area contributed by atoms with Crippen LogP contribution in [0, 0.1) is 11.3 Å². The maximum atomic E-state index is 8.57. The molecule has 0 bridgehead atoms. The molecule has 0 fully saturated rings. The van der Waals surface area contributed by atoms with Crippen LogP contribution in [-0.2, 0) is 0 Å². The average molecular weight is 205 g/mol. The fraction of sp³-hybridized carbons (Fsp3) is 0.182. The molecule has 1 rings (SSSR count). The van der Waals surface area contributed by atoms with Gasteiger partial charge in [-0.1, -0.05) is 6.58 Å². The Morgan fingerprint density at radius 1 is 1.43 bits per heavy atom. The number of benzene rings is 1. The zero-order chi connectivity index (χ0) is 10.4. The highest BCUT2D eigenvalue weighted by Gasteiger charge is 1.95. The molecule has 0 saturated heterocycles. The van der Waals surface area contributed by atoms with Crippen LogP contribution in [0.4, 0.5) is 0 Å². The lowest BCUT2D eigenvalue weighted by atomic mass is 10.2. The minimum absolute atomic E-state index is 0.468. The molecule has 1 aromatic rings. The molecule has 0 atom stereocenters. The van der Waals surface area contributed by atoms with Crippen LogP contribution in [0.2, 0.25) is 0 Å². The Balaban J connectivity index is 2.53. The molecule has 0 radical (unpaired) electrons. The van der Waals surface area contributed by atoms with E-state index in [1.165, 1.54) is 0 Å². The maximum Gasteiger partial charge on any atom is 0.119 e. The second-order valence-electron chi connectivity index (χ2n) is 2.83. The van der Waals surface area contributed by atoms with Crippen molar-refractivity contribution in [2.75, 3.05) is 12.4 Å². The van der Waals surface area contributed by atoms with E-state index in [2.05, 4.69) is 19.2 Å². The lowest BCUT2D eigenvalue weighted by molar-refractivity contribution is 0.353. The summed E-state index contributed by atoms with van der Waals surface area (Å²) < 4.78 is 5.40. The van der Waals surface area contributed by atoms with Gasteiger partial charge in [0.15, 0.2) is 0 Å². The third kappa shape index (κ3) is 3.15. The van der Waals surface area contributed by atoms with Crippen LogP contribution >= 0.6 is 12.6 Å². The van der Waals surface area contributed by atoms with E-state index in [-0.39, 0.29) is 0 Å². The van der Waals surface area contributed by atoms with Crippen LogP contribution in [0.5, 0.6) is 5.75 Å². The summed E-state index contributed by atoms with van der Waals surface area (Å²) in [4.78, 5) is 0. The molecule has 72 valence electrons. The molecule has 0 N–H and O–H groups in total. The number of rotatable bonds is 4. The van der Waals surface area contributed by atoms with E-state index in [1.807, 2.05) is 6.07 Å². The number of nitrogens with zero attached hydrogens (tertiary/aromatic N) is 1. The van der Waals surface area contributed by atoms with E-state index in [0.29, 0.717) is 17.9 Å². The van der Waals surface area contributed by atoms with Crippen molar-refractivity contribution in [2.24, 2.45) is 0 Å². The van der Waals surface area contributed by atoms with Gasteiger partial charge in [0.05, 0.1) is 11.6 Å². The first-order chi connectivity index (χ1) is 6.76. The molecule has 0 aliphatic rings. The number of hydrogen-bond acceptors (Lipinski definition) is 3. The highest BCUT2D eigenvalue weighted by molar-refractivity contribution is 7.80. The largest absolute Gasteiger partial charge is 0.489 e. The van der Waals surface area contributed by atoms with Gasteiger partial charge in [0, 0.05) is 5.75 Å². The van der Waals surface area contributed by atoms with Crippen molar-refractivity contribution >= 4 is 12.6 Å². The Labute approximate surface area is 89.2 Å². The first-order valence-electron chi connectivity index (χ1n) is 4.16. The molecule has 3 heteroatoms. The average Bonchev–Trinajstić information content (AvgIpc) is 2.26. The third-order valence-electron chi connectivity index (χ3n) is 1.65. The van der Waals surface area contributed by atoms with Crippen molar-refractivity contribution in [1.82, 2.24) is 0 Å². The third-order valence-corrected chi connectivity index (χ3v) is 2.10. The summed E-state index contributed by atoms with van der Waals surface area (Å²) in [5.74, 6) is 1.36. The minimum atomic E-state index is 0.468. The SMILES string of the molecule is C=C(CS)COc1ccc(C#N)cc1. The van der Waals surface area contributed by atoms with Crippen LogP contribution < -0.4 is 4.74 Å². The number of nitriles is 1. The predicted octanol–water partition coefficient (Wildman–Crippen LogP) is 2.42. The topological polar surface area (TPSA) is 33.0 Å². The maximum absolute atomic E-state index is 8.57. The Morgan fingerprint density at radius 3 is 2.57 bits per heavy atom. The van der Waals surface area contributed by atoms with Crippen molar-refractivity contribution in [3.05, 3.63) is 42.0 Å². The van der Waals surface area contributed by atoms with Crippen LogP contribution in [0.3, 0.4) is 0 Å². The summed E-state index contributed by atoms with van der Waals surface area (Å²) in [7, 11) is 0. The van der Waals surface area contributed by atoms with Crippen molar-refractivity contribution < 1.29 is 4.74 Å². The van der Waals surface area contributed by atoms with Crippen LogP contribution in [0.15, 0.2) is 36.4 Å². The van der Waals surface area contributed by atoms with E-state index in [0.717, 1.165) is 11.3 Å². The molecule has 0 aliphatic heterocycles. The first kappa shape index (κ1) is 10.7. The fourth-order valence-electron chi connectivity index (χ4n) is 0.857. The Kier molecular flexibility index (Phi) is 4.09. The molecular weight excluding hydrogens is 194 g/mol. The van der Waals surface area contributed by atoms with Gasteiger partial charge in [-0.15, -0.1) is 0 Å². The number of hydrogen-bond donors (Lipinski definition) is 1. The molecular formula is C11H11NOS. The summed E-state index contributed by atoms with van der Waals surface area (Å²) in [5.41, 5.74) is 1.56. The monoisotopic (exact) mass is 205 g/mol. The quantitative estimate of drug-likeness (QED) is 0.605. The number of ether oxygens (including phenoxy) is 1. The second-order valence-corrected chi connectivity index (χ2v) is 3.15. The smallest absolute Gasteiger partial charge is 0.119 e. The van der Waals surface area contributed by atoms with Gasteiger partial charge in [-0.3, -0.25) is 0 Å². The first-order valence-corrected chi connectivity index (χ1v) is 4.80. The Hall–Kier alpha value is -1.40. The summed E-state index contributed by atoms with van der Waals surface area (Å²) in [5, 5.41) is 8.57. The van der Waals surface area contributed by atoms with Gasteiger partial charge >= 0.3 is 0 Å². The summed E-state index contributed by atoms with van der Waals surface area (Å²) in [6, 6.07) is 9.02. The zero-order valence-electron chi connectivity index (χ0n) is 7.73. The van der Waals surface area contributed by atoms with Gasteiger partial charge in [-0.25, -0.2) is 0 Å². The highest BCUT2D eigenvalue weighted by atomic mass is 32.1. The zero-order valence-corrected chi connectivity index (χ0v) is 8.63. The van der Waals surface area contributed by atoms with Gasteiger partial charge in [0.2, 0.25) is 0 Å². The Morgan fingerprint density at radius 2 is 2.07 bits per heavy atom. The number of thiol groups is 1. The normalized spacial score (nSPS) is 9.14. The van der Waals surface area contributed by atoms with E-state index < -0.39 is 0 Å². The lowest BCUT2D eigenvalue weighted by Crippen LogP contribution is -2.00. The summed E-state index contributed by atoms with van der Waals surface area (Å²) >= 11 is 4.07. The molecule has 0 unspecified atom stereocenters. The van der Waals surface area contributed by atoms with Crippen LogP contribution in [-0.4, -0.2) is 12.4 Å². The lowest BCUT2D eigenvalue weighted by Gasteiger charge is -2.06. The van der Waals surface area contributed by atoms with Gasteiger partial charge in [0.1, 0.15) is 12.4 Å². The summed E-state index contributed by atoms with van der Waals surface area (Å²) in [6.45, 7) is 4.24. The molecule has 2 nitrogen and oxygen atoms in total. The highest BCUT2D eigenvalue weighted by Crippen LogP contribution is 2.12. The molecule has 14 heavy (non-hydrogen) atoms. The standard InChI is InChI=1S/C11H11NOS/c1-9(8-14)7-13-11-4-2-10(6-12)3-5-11/h2-5,14H,1,7-8H2. The van der Waals surface area contributed by atoms with E-state index in [1.54, 1.807) is 24.3 Å². The van der Waals surface area contributed by atoms with E-state index >= 15 is 0 Å². The molecule has 0 aromatic heterocycles. The van der Waals surface area contributed by atoms with E-state index in [4.69, 9.17) is 10.00 Å². The van der Waals surface area contributed by atoms with Crippen LogP contribution in [0.1, 0.15) is 5.56 Å². The predicted molar refractivity (Wildman–Crippen MR) is 59.6 cm³/mol. The van der Waals surface area contributed by atoms with Gasteiger partial charge in [-0.2, -0.15) is 17.9 Å². The van der Waals surface area contributed by atoms with Crippen LogP contribution in [0.25, 0.3) is 0 Å². The van der Waals surface area contributed by atoms with Crippen molar-refractivity contribution in [2.45, 2.75) is 0 Å². The van der Waals surface area contributed by atoms with Crippen molar-refractivity contribution in [3.8, 4) is 11.8 Å².